The lowest BCUT2D eigenvalue weighted by Crippen LogP contribution is -2.30. The van der Waals surface area contributed by atoms with Crippen molar-refractivity contribution in [1.82, 2.24) is 0 Å². The van der Waals surface area contributed by atoms with Gasteiger partial charge in [0.2, 0.25) is 0 Å². The van der Waals surface area contributed by atoms with Gasteiger partial charge in [0.25, 0.3) is 5.69 Å². The fourth-order valence-electron chi connectivity index (χ4n) is 2.33. The number of hydrogen-bond acceptors (Lipinski definition) is 5. The van der Waals surface area contributed by atoms with Crippen LogP contribution in [-0.4, -0.2) is 41.8 Å². The Morgan fingerprint density at radius 1 is 1.57 bits per heavy atom. The molecule has 1 unspecified atom stereocenters. The molecule has 0 aromatic heterocycles. The van der Waals surface area contributed by atoms with Gasteiger partial charge in [-0.25, -0.2) is 9.18 Å². The predicted molar refractivity (Wildman–Crippen MR) is 72.3 cm³/mol. The highest BCUT2D eigenvalue weighted by Gasteiger charge is 2.27. The van der Waals surface area contributed by atoms with E-state index in [1.54, 1.807) is 4.90 Å². The van der Waals surface area contributed by atoms with Crippen LogP contribution in [0.1, 0.15) is 23.7 Å². The number of rotatable bonds is 3. The Morgan fingerprint density at radius 3 is 2.90 bits per heavy atom. The summed E-state index contributed by atoms with van der Waals surface area (Å²) >= 11 is 0. The second-order valence-electron chi connectivity index (χ2n) is 4.86. The van der Waals surface area contributed by atoms with Gasteiger partial charge in [0.05, 0.1) is 11.0 Å². The maximum atomic E-state index is 13.8. The highest BCUT2D eigenvalue weighted by molar-refractivity contribution is 5.90. The third-order valence-corrected chi connectivity index (χ3v) is 3.28. The standard InChI is InChI=1S/C13H15FN2O5/c1-8-7-15(3-2-4-21-8)11-6-10(14)9(13(17)18)5-12(11)16(19)20/h5-6,8H,2-4,7H2,1H3,(H,17,18). The van der Waals surface area contributed by atoms with Gasteiger partial charge < -0.3 is 14.7 Å². The van der Waals surface area contributed by atoms with Crippen molar-refractivity contribution in [2.24, 2.45) is 0 Å². The summed E-state index contributed by atoms with van der Waals surface area (Å²) in [6, 6.07) is 1.68. The zero-order valence-electron chi connectivity index (χ0n) is 11.4. The average molecular weight is 298 g/mol. The number of ether oxygens (including phenoxy) is 1. The molecule has 1 N–H and O–H groups in total. The first-order valence-corrected chi connectivity index (χ1v) is 6.48. The van der Waals surface area contributed by atoms with Crippen molar-refractivity contribution in [2.45, 2.75) is 19.4 Å². The molecule has 1 heterocycles. The molecule has 1 aromatic carbocycles. The average Bonchev–Trinajstić information content (AvgIpc) is 2.62. The van der Waals surface area contributed by atoms with Crippen LogP contribution in [-0.2, 0) is 4.74 Å². The van der Waals surface area contributed by atoms with Crippen molar-refractivity contribution < 1.29 is 24.0 Å². The van der Waals surface area contributed by atoms with Crippen molar-refractivity contribution >= 4 is 17.3 Å². The molecule has 1 atom stereocenters. The number of benzene rings is 1. The van der Waals surface area contributed by atoms with E-state index in [0.29, 0.717) is 26.1 Å². The number of carbonyl (C=O) groups is 1. The Bertz CT molecular complexity index is 578. The number of carboxylic acid groups (broad SMARTS) is 1. The molecule has 0 bridgehead atoms. The van der Waals surface area contributed by atoms with Crippen molar-refractivity contribution in [1.29, 1.82) is 0 Å². The molecular formula is C13H15FN2O5. The fourth-order valence-corrected chi connectivity index (χ4v) is 2.33. The van der Waals surface area contributed by atoms with Gasteiger partial charge in [-0.1, -0.05) is 0 Å². The van der Waals surface area contributed by atoms with Gasteiger partial charge in [-0.05, 0) is 13.3 Å². The number of hydrogen-bond donors (Lipinski definition) is 1. The van der Waals surface area contributed by atoms with Gasteiger partial charge in [0, 0.05) is 31.8 Å². The first-order valence-electron chi connectivity index (χ1n) is 6.48. The van der Waals surface area contributed by atoms with E-state index in [2.05, 4.69) is 0 Å². The molecular weight excluding hydrogens is 283 g/mol. The Hall–Kier alpha value is -2.22. The minimum absolute atomic E-state index is 0.0832. The molecule has 0 spiro atoms. The lowest BCUT2D eigenvalue weighted by molar-refractivity contribution is -0.384. The molecule has 0 saturated carbocycles. The molecule has 0 amide bonds. The van der Waals surface area contributed by atoms with Crippen molar-refractivity contribution in [2.75, 3.05) is 24.6 Å². The number of nitro groups is 1. The molecule has 1 aliphatic heterocycles. The van der Waals surface area contributed by atoms with Crippen LogP contribution in [0, 0.1) is 15.9 Å². The van der Waals surface area contributed by atoms with Gasteiger partial charge in [0.1, 0.15) is 17.1 Å². The van der Waals surface area contributed by atoms with Crippen molar-refractivity contribution in [3.05, 3.63) is 33.6 Å². The van der Waals surface area contributed by atoms with E-state index in [0.717, 1.165) is 12.1 Å². The van der Waals surface area contributed by atoms with Gasteiger partial charge >= 0.3 is 5.97 Å². The van der Waals surface area contributed by atoms with Crippen LogP contribution in [0.3, 0.4) is 0 Å². The Labute approximate surface area is 120 Å². The molecule has 1 aliphatic rings. The van der Waals surface area contributed by atoms with Crippen LogP contribution in [0.25, 0.3) is 0 Å². The largest absolute Gasteiger partial charge is 0.478 e. The number of nitro benzene ring substituents is 1. The van der Waals surface area contributed by atoms with E-state index in [4.69, 9.17) is 9.84 Å². The van der Waals surface area contributed by atoms with Gasteiger partial charge in [-0.15, -0.1) is 0 Å². The summed E-state index contributed by atoms with van der Waals surface area (Å²) in [4.78, 5) is 23.0. The van der Waals surface area contributed by atoms with E-state index in [9.17, 15) is 19.3 Å². The van der Waals surface area contributed by atoms with Gasteiger partial charge in [-0.3, -0.25) is 10.1 Å². The van der Waals surface area contributed by atoms with Crippen LogP contribution in [0.4, 0.5) is 15.8 Å². The highest BCUT2D eigenvalue weighted by Crippen LogP contribution is 2.32. The SMILES string of the molecule is CC1CN(c2cc(F)c(C(=O)O)cc2[N+](=O)[O-])CCCO1. The van der Waals surface area contributed by atoms with Crippen LogP contribution in [0.15, 0.2) is 12.1 Å². The first kappa shape index (κ1) is 15.2. The molecule has 8 heteroatoms. The molecule has 0 radical (unpaired) electrons. The zero-order valence-corrected chi connectivity index (χ0v) is 11.4. The molecule has 114 valence electrons. The summed E-state index contributed by atoms with van der Waals surface area (Å²) in [7, 11) is 0. The third kappa shape index (κ3) is 3.27. The predicted octanol–water partition coefficient (Wildman–Crippen LogP) is 2.05. The number of anilines is 1. The minimum atomic E-state index is -1.53. The monoisotopic (exact) mass is 298 g/mol. The summed E-state index contributed by atoms with van der Waals surface area (Å²) in [5.41, 5.74) is -1.03. The number of aromatic carboxylic acids is 1. The first-order chi connectivity index (χ1) is 9.90. The molecule has 21 heavy (non-hydrogen) atoms. The maximum absolute atomic E-state index is 13.8. The molecule has 1 saturated heterocycles. The summed E-state index contributed by atoms with van der Waals surface area (Å²) < 4.78 is 19.3. The number of halogens is 1. The van der Waals surface area contributed by atoms with Crippen LogP contribution in [0.2, 0.25) is 0 Å². The van der Waals surface area contributed by atoms with E-state index >= 15 is 0 Å². The summed E-state index contributed by atoms with van der Waals surface area (Å²) in [6.07, 6.45) is 0.512. The number of carboxylic acids is 1. The molecule has 1 aromatic rings. The van der Waals surface area contributed by atoms with Crippen molar-refractivity contribution in [3.63, 3.8) is 0 Å². The second-order valence-corrected chi connectivity index (χ2v) is 4.86. The molecule has 2 rings (SSSR count). The van der Waals surface area contributed by atoms with Gasteiger partial charge in [0.15, 0.2) is 0 Å². The summed E-state index contributed by atoms with van der Waals surface area (Å²) in [6.45, 7) is 3.22. The van der Waals surface area contributed by atoms with E-state index in [1.807, 2.05) is 6.92 Å². The van der Waals surface area contributed by atoms with E-state index < -0.39 is 28.0 Å². The van der Waals surface area contributed by atoms with Crippen LogP contribution < -0.4 is 4.90 Å². The van der Waals surface area contributed by atoms with E-state index in [1.165, 1.54) is 0 Å². The summed E-state index contributed by atoms with van der Waals surface area (Å²) in [5.74, 6) is -2.52. The maximum Gasteiger partial charge on any atom is 0.338 e. The van der Waals surface area contributed by atoms with Gasteiger partial charge in [-0.2, -0.15) is 0 Å². The smallest absolute Gasteiger partial charge is 0.338 e. The highest BCUT2D eigenvalue weighted by atomic mass is 19.1. The zero-order chi connectivity index (χ0) is 15.6. The minimum Gasteiger partial charge on any atom is -0.478 e. The van der Waals surface area contributed by atoms with Crippen molar-refractivity contribution in [3.8, 4) is 0 Å². The molecule has 0 aliphatic carbocycles. The molecule has 1 fully saturated rings. The Morgan fingerprint density at radius 2 is 2.29 bits per heavy atom. The summed E-state index contributed by atoms with van der Waals surface area (Å²) in [5, 5.41) is 20.0. The van der Waals surface area contributed by atoms with E-state index in [-0.39, 0.29) is 11.8 Å². The second kappa shape index (κ2) is 6.04. The quantitative estimate of drug-likeness (QED) is 0.678. The van der Waals surface area contributed by atoms with Crippen LogP contribution >= 0.6 is 0 Å². The topological polar surface area (TPSA) is 92.9 Å². The molecule has 7 nitrogen and oxygen atoms in total. The lowest BCUT2D eigenvalue weighted by Gasteiger charge is -2.24. The normalized spacial score (nSPS) is 19.1. The Kier molecular flexibility index (Phi) is 4.37. The van der Waals surface area contributed by atoms with Crippen LogP contribution in [0.5, 0.6) is 0 Å². The fraction of sp³-hybridized carbons (Fsp3) is 0.462. The Balaban J connectivity index is 2.48. The number of nitrogens with zero attached hydrogens (tertiary/aromatic N) is 2. The third-order valence-electron chi connectivity index (χ3n) is 3.28. The lowest BCUT2D eigenvalue weighted by atomic mass is 10.1.